The molecule has 1 fully saturated rings. The van der Waals surface area contributed by atoms with Gasteiger partial charge in [-0.25, -0.2) is 4.39 Å². The van der Waals surface area contributed by atoms with Crippen molar-refractivity contribution in [2.24, 2.45) is 11.8 Å². The number of hydrogen-bond donors (Lipinski definition) is 0. The predicted molar refractivity (Wildman–Crippen MR) is 97.4 cm³/mol. The summed E-state index contributed by atoms with van der Waals surface area (Å²) in [5.74, 6) is 1.36. The van der Waals surface area contributed by atoms with Crippen LogP contribution in [-0.2, 0) is 12.6 Å². The Hall–Kier alpha value is -0.710. The third-order valence-corrected chi connectivity index (χ3v) is 6.40. The molecule has 0 aliphatic heterocycles. The number of rotatable bonds is 5. The van der Waals surface area contributed by atoms with Crippen LogP contribution in [0.25, 0.3) is 0 Å². The van der Waals surface area contributed by atoms with Gasteiger partial charge in [0.15, 0.2) is 0 Å². The van der Waals surface area contributed by atoms with E-state index >= 15 is 0 Å². The van der Waals surface area contributed by atoms with Gasteiger partial charge in [-0.15, -0.1) is 0 Å². The van der Waals surface area contributed by atoms with Crippen LogP contribution in [-0.4, -0.2) is 10.5 Å². The summed E-state index contributed by atoms with van der Waals surface area (Å²) < 4.78 is 52.0. The average Bonchev–Trinajstić information content (AvgIpc) is 2.51. The van der Waals surface area contributed by atoms with Crippen LogP contribution in [0.15, 0.2) is 18.2 Å². The summed E-state index contributed by atoms with van der Waals surface area (Å²) in [6.45, 7) is 6.71. The van der Waals surface area contributed by atoms with Gasteiger partial charge in [-0.1, -0.05) is 39.7 Å². The molecule has 0 amide bonds. The first-order valence-electron chi connectivity index (χ1n) is 9.04. The Morgan fingerprint density at radius 2 is 1.60 bits per heavy atom. The van der Waals surface area contributed by atoms with Crippen LogP contribution < -0.4 is 0 Å². The SMILES string of the molecule is CC(C)(C)SCC1CCC(CCc2ccc(F)c(C(F)(F)F)c2)CC1. The first kappa shape index (κ1) is 20.6. The molecule has 0 spiro atoms. The minimum Gasteiger partial charge on any atom is -0.206 e. The molecule has 0 radical (unpaired) electrons. The Labute approximate surface area is 152 Å². The highest BCUT2D eigenvalue weighted by molar-refractivity contribution is 8.00. The zero-order valence-corrected chi connectivity index (χ0v) is 16.1. The van der Waals surface area contributed by atoms with Crippen molar-refractivity contribution in [3.05, 3.63) is 35.1 Å². The fraction of sp³-hybridized carbons (Fsp3) is 0.700. The van der Waals surface area contributed by atoms with E-state index in [2.05, 4.69) is 20.8 Å². The molecule has 0 atom stereocenters. The summed E-state index contributed by atoms with van der Waals surface area (Å²) in [4.78, 5) is 0. The standard InChI is InChI=1S/C20H28F4S/c1-19(2,3)25-13-16-8-5-14(6-9-16)4-7-15-10-11-18(21)17(12-15)20(22,23)24/h10-12,14,16H,4-9,13H2,1-3H3. The minimum atomic E-state index is -4.62. The average molecular weight is 377 g/mol. The quantitative estimate of drug-likeness (QED) is 0.493. The molecular formula is C20H28F4S. The molecule has 0 heterocycles. The first-order valence-corrected chi connectivity index (χ1v) is 10.0. The third kappa shape index (κ3) is 6.84. The molecule has 0 bridgehead atoms. The highest BCUT2D eigenvalue weighted by Crippen LogP contribution is 2.36. The molecule has 1 saturated carbocycles. The van der Waals surface area contributed by atoms with E-state index in [9.17, 15) is 17.6 Å². The molecule has 0 aromatic heterocycles. The number of hydrogen-bond acceptors (Lipinski definition) is 1. The Morgan fingerprint density at radius 3 is 2.16 bits per heavy atom. The van der Waals surface area contributed by atoms with Crippen LogP contribution in [0.4, 0.5) is 17.6 Å². The zero-order valence-electron chi connectivity index (χ0n) is 15.3. The molecule has 0 nitrogen and oxygen atoms in total. The fourth-order valence-corrected chi connectivity index (χ4v) is 4.44. The predicted octanol–water partition coefficient (Wildman–Crippen LogP) is 7.12. The lowest BCUT2D eigenvalue weighted by atomic mass is 9.80. The Kier molecular flexibility index (Phi) is 6.86. The van der Waals surface area contributed by atoms with Crippen LogP contribution in [0.2, 0.25) is 0 Å². The smallest absolute Gasteiger partial charge is 0.206 e. The second-order valence-electron chi connectivity index (χ2n) is 8.16. The van der Waals surface area contributed by atoms with Crippen molar-refractivity contribution in [1.82, 2.24) is 0 Å². The molecule has 1 aromatic carbocycles. The van der Waals surface area contributed by atoms with Crippen molar-refractivity contribution in [3.8, 4) is 0 Å². The highest BCUT2D eigenvalue weighted by Gasteiger charge is 2.34. The van der Waals surface area contributed by atoms with Gasteiger partial charge in [-0.3, -0.25) is 0 Å². The summed E-state index contributed by atoms with van der Waals surface area (Å²) in [5, 5.41) is 0. The number of alkyl halides is 3. The van der Waals surface area contributed by atoms with E-state index in [1.807, 2.05) is 11.8 Å². The number of halogens is 4. The van der Waals surface area contributed by atoms with Gasteiger partial charge in [-0.2, -0.15) is 24.9 Å². The van der Waals surface area contributed by atoms with Crippen molar-refractivity contribution < 1.29 is 17.6 Å². The van der Waals surface area contributed by atoms with E-state index in [1.54, 1.807) is 0 Å². The first-order chi connectivity index (χ1) is 11.5. The zero-order chi connectivity index (χ0) is 18.7. The van der Waals surface area contributed by atoms with Crippen LogP contribution in [0.3, 0.4) is 0 Å². The Morgan fingerprint density at radius 1 is 1.00 bits per heavy atom. The molecule has 0 N–H and O–H groups in total. The molecule has 0 unspecified atom stereocenters. The third-order valence-electron chi connectivity index (χ3n) is 4.90. The van der Waals surface area contributed by atoms with Gasteiger partial charge in [0, 0.05) is 4.75 Å². The van der Waals surface area contributed by atoms with E-state index in [1.165, 1.54) is 24.7 Å². The number of aryl methyl sites for hydroxylation is 1. The monoisotopic (exact) mass is 376 g/mol. The molecule has 1 aliphatic rings. The van der Waals surface area contributed by atoms with Crippen molar-refractivity contribution >= 4 is 11.8 Å². The number of thioether (sulfide) groups is 1. The molecular weight excluding hydrogens is 348 g/mol. The lowest BCUT2D eigenvalue weighted by Gasteiger charge is -2.30. The molecule has 142 valence electrons. The van der Waals surface area contributed by atoms with E-state index in [0.717, 1.165) is 37.3 Å². The molecule has 1 aliphatic carbocycles. The molecule has 25 heavy (non-hydrogen) atoms. The maximum Gasteiger partial charge on any atom is 0.419 e. The van der Waals surface area contributed by atoms with E-state index in [-0.39, 0.29) is 0 Å². The van der Waals surface area contributed by atoms with Crippen molar-refractivity contribution in [1.29, 1.82) is 0 Å². The minimum absolute atomic E-state index is 0.301. The lowest BCUT2D eigenvalue weighted by molar-refractivity contribution is -0.140. The van der Waals surface area contributed by atoms with Gasteiger partial charge in [0.05, 0.1) is 5.56 Å². The summed E-state index contributed by atoms with van der Waals surface area (Å²) >= 11 is 2.01. The van der Waals surface area contributed by atoms with Crippen molar-refractivity contribution in [2.45, 2.75) is 70.2 Å². The highest BCUT2D eigenvalue weighted by atomic mass is 32.2. The van der Waals surface area contributed by atoms with Crippen LogP contribution >= 0.6 is 11.8 Å². The van der Waals surface area contributed by atoms with Gasteiger partial charge >= 0.3 is 6.18 Å². The summed E-state index contributed by atoms with van der Waals surface area (Å²) in [6.07, 6.45) is 1.60. The Bertz CT molecular complexity index is 552. The second kappa shape index (κ2) is 8.32. The topological polar surface area (TPSA) is 0 Å². The normalized spacial score (nSPS) is 22.2. The molecule has 2 rings (SSSR count). The van der Waals surface area contributed by atoms with Gasteiger partial charge in [0.2, 0.25) is 0 Å². The van der Waals surface area contributed by atoms with E-state index in [4.69, 9.17) is 0 Å². The fourth-order valence-electron chi connectivity index (χ4n) is 3.37. The molecule has 1 aromatic rings. The molecule has 0 saturated heterocycles. The largest absolute Gasteiger partial charge is 0.419 e. The van der Waals surface area contributed by atoms with Crippen LogP contribution in [0.1, 0.15) is 64.0 Å². The van der Waals surface area contributed by atoms with Gasteiger partial charge in [-0.05, 0) is 61.0 Å². The summed E-state index contributed by atoms with van der Waals surface area (Å²) in [7, 11) is 0. The molecule has 5 heteroatoms. The maximum absolute atomic E-state index is 13.3. The Balaban J connectivity index is 1.80. The van der Waals surface area contributed by atoms with E-state index in [0.29, 0.717) is 22.6 Å². The van der Waals surface area contributed by atoms with E-state index < -0.39 is 17.6 Å². The summed E-state index contributed by atoms with van der Waals surface area (Å²) in [5.41, 5.74) is -0.563. The maximum atomic E-state index is 13.3. The van der Waals surface area contributed by atoms with Gasteiger partial charge in [0.25, 0.3) is 0 Å². The van der Waals surface area contributed by atoms with Gasteiger partial charge < -0.3 is 0 Å². The summed E-state index contributed by atoms with van der Waals surface area (Å²) in [6, 6.07) is 3.40. The second-order valence-corrected chi connectivity index (χ2v) is 10.0. The van der Waals surface area contributed by atoms with Crippen molar-refractivity contribution in [3.63, 3.8) is 0 Å². The van der Waals surface area contributed by atoms with Gasteiger partial charge in [0.1, 0.15) is 5.82 Å². The lowest BCUT2D eigenvalue weighted by Crippen LogP contribution is -2.19. The van der Waals surface area contributed by atoms with Crippen LogP contribution in [0, 0.1) is 17.7 Å². The number of benzene rings is 1. The van der Waals surface area contributed by atoms with Crippen molar-refractivity contribution in [2.75, 3.05) is 5.75 Å². The van der Waals surface area contributed by atoms with Crippen LogP contribution in [0.5, 0.6) is 0 Å².